The average molecular weight is 245 g/mol. The molecule has 18 heavy (non-hydrogen) atoms. The van der Waals surface area contributed by atoms with Crippen molar-refractivity contribution in [1.29, 1.82) is 0 Å². The molecule has 0 fully saturated rings. The van der Waals surface area contributed by atoms with E-state index in [9.17, 15) is 0 Å². The summed E-state index contributed by atoms with van der Waals surface area (Å²) in [6.45, 7) is 1.74. The van der Waals surface area contributed by atoms with Crippen molar-refractivity contribution in [2.24, 2.45) is 0 Å². The van der Waals surface area contributed by atoms with Gasteiger partial charge in [0.1, 0.15) is 0 Å². The van der Waals surface area contributed by atoms with E-state index >= 15 is 0 Å². The smallest absolute Gasteiger partial charge is 0.0462 e. The summed E-state index contributed by atoms with van der Waals surface area (Å²) < 4.78 is 5.03. The second kappa shape index (κ2) is 6.21. The SMILES string of the molecule is COCCCCNc1ccc(N)c2ccncc12. The number of anilines is 2. The van der Waals surface area contributed by atoms with Crippen LogP contribution >= 0.6 is 0 Å². The van der Waals surface area contributed by atoms with Crippen molar-refractivity contribution in [3.05, 3.63) is 30.6 Å². The summed E-state index contributed by atoms with van der Waals surface area (Å²) in [5.74, 6) is 0. The third kappa shape index (κ3) is 2.90. The van der Waals surface area contributed by atoms with Gasteiger partial charge in [-0.3, -0.25) is 4.98 Å². The Labute approximate surface area is 107 Å². The minimum Gasteiger partial charge on any atom is -0.398 e. The molecule has 0 saturated heterocycles. The average Bonchev–Trinajstić information content (AvgIpc) is 2.41. The molecule has 3 N–H and O–H groups in total. The van der Waals surface area contributed by atoms with E-state index in [-0.39, 0.29) is 0 Å². The summed E-state index contributed by atoms with van der Waals surface area (Å²) in [6.07, 6.45) is 5.76. The number of fused-ring (bicyclic) bond motifs is 1. The second-order valence-corrected chi connectivity index (χ2v) is 4.25. The minimum atomic E-state index is 0.789. The van der Waals surface area contributed by atoms with Crippen molar-refractivity contribution in [2.75, 3.05) is 31.3 Å². The van der Waals surface area contributed by atoms with Crippen LogP contribution in [0.15, 0.2) is 30.6 Å². The highest BCUT2D eigenvalue weighted by Gasteiger charge is 2.03. The van der Waals surface area contributed by atoms with E-state index in [4.69, 9.17) is 10.5 Å². The highest BCUT2D eigenvalue weighted by atomic mass is 16.5. The van der Waals surface area contributed by atoms with E-state index in [1.54, 1.807) is 13.3 Å². The molecule has 0 aliphatic heterocycles. The Kier molecular flexibility index (Phi) is 4.36. The molecule has 0 aliphatic carbocycles. The van der Waals surface area contributed by atoms with Crippen LogP contribution in [-0.2, 0) is 4.74 Å². The third-order valence-corrected chi connectivity index (χ3v) is 2.94. The lowest BCUT2D eigenvalue weighted by Crippen LogP contribution is -2.04. The Morgan fingerprint density at radius 3 is 2.94 bits per heavy atom. The maximum Gasteiger partial charge on any atom is 0.0462 e. The molecule has 2 rings (SSSR count). The maximum absolute atomic E-state index is 5.95. The monoisotopic (exact) mass is 245 g/mol. The quantitative estimate of drug-likeness (QED) is 0.606. The molecular weight excluding hydrogens is 226 g/mol. The number of methoxy groups -OCH3 is 1. The molecule has 96 valence electrons. The second-order valence-electron chi connectivity index (χ2n) is 4.25. The lowest BCUT2D eigenvalue weighted by molar-refractivity contribution is 0.194. The summed E-state index contributed by atoms with van der Waals surface area (Å²) in [5, 5.41) is 5.54. The van der Waals surface area contributed by atoms with E-state index in [1.165, 1.54) is 0 Å². The van der Waals surface area contributed by atoms with Gasteiger partial charge in [-0.15, -0.1) is 0 Å². The third-order valence-electron chi connectivity index (χ3n) is 2.94. The van der Waals surface area contributed by atoms with Gasteiger partial charge in [0.2, 0.25) is 0 Å². The number of rotatable bonds is 6. The zero-order valence-electron chi connectivity index (χ0n) is 10.6. The molecule has 1 heterocycles. The molecule has 1 aromatic carbocycles. The molecular formula is C14H19N3O. The normalized spacial score (nSPS) is 10.7. The first-order valence-electron chi connectivity index (χ1n) is 6.18. The topological polar surface area (TPSA) is 60.2 Å². The van der Waals surface area contributed by atoms with Crippen LogP contribution in [-0.4, -0.2) is 25.2 Å². The number of nitrogens with two attached hydrogens (primary N) is 1. The van der Waals surface area contributed by atoms with Gasteiger partial charge >= 0.3 is 0 Å². The first kappa shape index (κ1) is 12.6. The van der Waals surface area contributed by atoms with Crippen molar-refractivity contribution < 1.29 is 4.74 Å². The van der Waals surface area contributed by atoms with Crippen LogP contribution in [0.1, 0.15) is 12.8 Å². The number of pyridine rings is 1. The Hall–Kier alpha value is -1.81. The van der Waals surface area contributed by atoms with Crippen LogP contribution in [0.25, 0.3) is 10.8 Å². The fraction of sp³-hybridized carbons (Fsp3) is 0.357. The Morgan fingerprint density at radius 1 is 1.22 bits per heavy atom. The van der Waals surface area contributed by atoms with Gasteiger partial charge < -0.3 is 15.8 Å². The minimum absolute atomic E-state index is 0.789. The number of nitrogen functional groups attached to an aromatic ring is 1. The molecule has 0 unspecified atom stereocenters. The van der Waals surface area contributed by atoms with Crippen LogP contribution < -0.4 is 11.1 Å². The zero-order valence-corrected chi connectivity index (χ0v) is 10.6. The van der Waals surface area contributed by atoms with Gasteiger partial charge in [0, 0.05) is 54.8 Å². The van der Waals surface area contributed by atoms with Crippen LogP contribution in [0.4, 0.5) is 11.4 Å². The number of unbranched alkanes of at least 4 members (excludes halogenated alkanes) is 1. The Balaban J connectivity index is 2.07. The van der Waals surface area contributed by atoms with Gasteiger partial charge in [-0.05, 0) is 31.0 Å². The molecule has 4 nitrogen and oxygen atoms in total. The summed E-state index contributed by atoms with van der Waals surface area (Å²) in [5.41, 5.74) is 7.82. The largest absolute Gasteiger partial charge is 0.398 e. The van der Waals surface area contributed by atoms with Crippen LogP contribution in [0.3, 0.4) is 0 Å². The number of aromatic nitrogens is 1. The number of hydrogen-bond donors (Lipinski definition) is 2. The van der Waals surface area contributed by atoms with Crippen molar-refractivity contribution in [1.82, 2.24) is 4.98 Å². The fourth-order valence-electron chi connectivity index (χ4n) is 1.96. The molecule has 0 spiro atoms. The molecule has 0 bridgehead atoms. The first-order valence-corrected chi connectivity index (χ1v) is 6.18. The first-order chi connectivity index (χ1) is 8.83. The number of nitrogens with zero attached hydrogens (tertiary/aromatic N) is 1. The number of nitrogens with one attached hydrogen (secondary N) is 1. The van der Waals surface area contributed by atoms with Crippen molar-refractivity contribution in [3.8, 4) is 0 Å². The number of benzene rings is 1. The van der Waals surface area contributed by atoms with Gasteiger partial charge in [-0.25, -0.2) is 0 Å². The van der Waals surface area contributed by atoms with E-state index in [2.05, 4.69) is 10.3 Å². The lowest BCUT2D eigenvalue weighted by Gasteiger charge is -2.10. The van der Waals surface area contributed by atoms with Gasteiger partial charge in [0.15, 0.2) is 0 Å². The highest BCUT2D eigenvalue weighted by molar-refractivity contribution is 6.00. The fourth-order valence-corrected chi connectivity index (χ4v) is 1.96. The standard InChI is InChI=1S/C14H19N3O/c1-18-9-3-2-7-17-14-5-4-13(15)11-6-8-16-10-12(11)14/h4-6,8,10,17H,2-3,7,9,15H2,1H3. The maximum atomic E-state index is 5.95. The Bertz CT molecular complexity index is 513. The predicted molar refractivity (Wildman–Crippen MR) is 75.8 cm³/mol. The summed E-state index contributed by atoms with van der Waals surface area (Å²) in [7, 11) is 1.73. The molecule has 0 amide bonds. The number of hydrogen-bond acceptors (Lipinski definition) is 4. The molecule has 2 aromatic rings. The van der Waals surface area contributed by atoms with E-state index in [1.807, 2.05) is 24.4 Å². The Morgan fingerprint density at radius 2 is 2.11 bits per heavy atom. The van der Waals surface area contributed by atoms with Crippen molar-refractivity contribution >= 4 is 22.1 Å². The number of ether oxygens (including phenoxy) is 1. The molecule has 0 aliphatic rings. The molecule has 1 aromatic heterocycles. The van der Waals surface area contributed by atoms with Crippen LogP contribution in [0.5, 0.6) is 0 Å². The van der Waals surface area contributed by atoms with Crippen molar-refractivity contribution in [3.63, 3.8) is 0 Å². The van der Waals surface area contributed by atoms with Gasteiger partial charge in [-0.1, -0.05) is 0 Å². The highest BCUT2D eigenvalue weighted by Crippen LogP contribution is 2.27. The molecule has 4 heteroatoms. The van der Waals surface area contributed by atoms with Crippen LogP contribution in [0.2, 0.25) is 0 Å². The van der Waals surface area contributed by atoms with E-state index < -0.39 is 0 Å². The van der Waals surface area contributed by atoms with Crippen LogP contribution in [0, 0.1) is 0 Å². The molecule has 0 radical (unpaired) electrons. The van der Waals surface area contributed by atoms with E-state index in [0.29, 0.717) is 0 Å². The summed E-state index contributed by atoms with van der Waals surface area (Å²) >= 11 is 0. The van der Waals surface area contributed by atoms with E-state index in [0.717, 1.165) is 48.1 Å². The lowest BCUT2D eigenvalue weighted by atomic mass is 10.1. The zero-order chi connectivity index (χ0) is 12.8. The summed E-state index contributed by atoms with van der Waals surface area (Å²) in [4.78, 5) is 4.16. The van der Waals surface area contributed by atoms with Gasteiger partial charge in [0.05, 0.1) is 0 Å². The van der Waals surface area contributed by atoms with Crippen molar-refractivity contribution in [2.45, 2.75) is 12.8 Å². The summed E-state index contributed by atoms with van der Waals surface area (Å²) in [6, 6.07) is 5.89. The van der Waals surface area contributed by atoms with Gasteiger partial charge in [-0.2, -0.15) is 0 Å². The van der Waals surface area contributed by atoms with Gasteiger partial charge in [0.25, 0.3) is 0 Å². The predicted octanol–water partition coefficient (Wildman–Crippen LogP) is 2.66. The molecule has 0 atom stereocenters. The molecule has 0 saturated carbocycles.